The van der Waals surface area contributed by atoms with E-state index in [4.69, 9.17) is 0 Å². The lowest BCUT2D eigenvalue weighted by molar-refractivity contribution is 0.0945. The Morgan fingerprint density at radius 2 is 2.29 bits per heavy atom. The molecule has 0 radical (unpaired) electrons. The summed E-state index contributed by atoms with van der Waals surface area (Å²) in [5.41, 5.74) is 0.998. The van der Waals surface area contributed by atoms with Gasteiger partial charge in [-0.25, -0.2) is 4.79 Å². The second-order valence-electron chi connectivity index (χ2n) is 5.04. The molecule has 3 heterocycles. The molecule has 0 saturated heterocycles. The number of aromatic amines is 1. The summed E-state index contributed by atoms with van der Waals surface area (Å²) < 4.78 is 7.54. The van der Waals surface area contributed by atoms with Crippen molar-refractivity contribution in [3.05, 3.63) is 40.2 Å². The molecule has 3 aromatic heterocycles. The van der Waals surface area contributed by atoms with Crippen LogP contribution in [0, 0.1) is 0 Å². The third kappa shape index (κ3) is 3.71. The van der Waals surface area contributed by atoms with Gasteiger partial charge < -0.3 is 5.32 Å². The Labute approximate surface area is 134 Å². The van der Waals surface area contributed by atoms with E-state index < -0.39 is 5.76 Å². The minimum atomic E-state index is -0.576. The predicted octanol–water partition coefficient (Wildman–Crippen LogP) is -1.35. The second kappa shape index (κ2) is 6.85. The molecule has 0 bridgehead atoms. The molecular weight excluding hydrogens is 318 g/mol. The van der Waals surface area contributed by atoms with Crippen molar-refractivity contribution in [2.75, 3.05) is 0 Å². The lowest BCUT2D eigenvalue weighted by Gasteiger charge is -2.02. The largest absolute Gasteiger partial charge is 0.438 e. The van der Waals surface area contributed by atoms with Crippen molar-refractivity contribution in [2.24, 2.45) is 7.05 Å². The first-order chi connectivity index (χ1) is 11.6. The van der Waals surface area contributed by atoms with Crippen molar-refractivity contribution in [1.29, 1.82) is 0 Å². The number of carbonyl (C=O) groups is 1. The molecule has 3 aromatic rings. The highest BCUT2D eigenvalue weighted by molar-refractivity contribution is 5.91. The van der Waals surface area contributed by atoms with Gasteiger partial charge in [0, 0.05) is 20.0 Å². The van der Waals surface area contributed by atoms with E-state index in [0.717, 1.165) is 5.69 Å². The van der Waals surface area contributed by atoms with E-state index in [9.17, 15) is 9.59 Å². The van der Waals surface area contributed by atoms with Gasteiger partial charge in [0.15, 0.2) is 11.5 Å². The molecule has 12 heteroatoms. The van der Waals surface area contributed by atoms with Gasteiger partial charge in [-0.3, -0.25) is 23.7 Å². The van der Waals surface area contributed by atoms with Crippen molar-refractivity contribution in [3.63, 3.8) is 0 Å². The number of carbonyl (C=O) groups excluding carboxylic acids is 1. The number of aromatic nitrogens is 8. The molecule has 0 spiro atoms. The van der Waals surface area contributed by atoms with Crippen LogP contribution in [0.4, 0.5) is 0 Å². The van der Waals surface area contributed by atoms with Crippen molar-refractivity contribution in [3.8, 4) is 0 Å². The molecule has 0 aliphatic heterocycles. The molecular formula is C12H15N9O3. The average molecular weight is 333 g/mol. The zero-order chi connectivity index (χ0) is 16.9. The third-order valence-electron chi connectivity index (χ3n) is 3.30. The number of aryl methyl sites for hydroxylation is 3. The molecule has 24 heavy (non-hydrogen) atoms. The maximum atomic E-state index is 12.0. The van der Waals surface area contributed by atoms with Gasteiger partial charge in [-0.2, -0.15) is 0 Å². The van der Waals surface area contributed by atoms with E-state index in [1.165, 1.54) is 0 Å². The molecule has 0 aliphatic carbocycles. The Balaban J connectivity index is 1.48. The Hall–Kier alpha value is -3.31. The summed E-state index contributed by atoms with van der Waals surface area (Å²) in [6.45, 7) is 0.829. The van der Waals surface area contributed by atoms with Crippen LogP contribution in [0.5, 0.6) is 0 Å². The van der Waals surface area contributed by atoms with E-state index >= 15 is 0 Å². The number of nitrogens with one attached hydrogen (secondary N) is 2. The number of H-pyrrole nitrogens is 1. The van der Waals surface area contributed by atoms with E-state index in [-0.39, 0.29) is 11.6 Å². The van der Waals surface area contributed by atoms with E-state index in [1.54, 1.807) is 28.8 Å². The highest BCUT2D eigenvalue weighted by atomic mass is 16.5. The fraction of sp³-hybridized carbons (Fsp3) is 0.417. The van der Waals surface area contributed by atoms with Crippen molar-refractivity contribution >= 4 is 5.91 Å². The molecule has 12 nitrogen and oxygen atoms in total. The van der Waals surface area contributed by atoms with E-state index in [1.807, 2.05) is 0 Å². The van der Waals surface area contributed by atoms with Gasteiger partial charge in [0.05, 0.1) is 24.6 Å². The van der Waals surface area contributed by atoms with Gasteiger partial charge in [0.2, 0.25) is 0 Å². The van der Waals surface area contributed by atoms with Crippen LogP contribution in [-0.2, 0) is 26.6 Å². The summed E-state index contributed by atoms with van der Waals surface area (Å²) in [7, 11) is 1.74. The monoisotopic (exact) mass is 333 g/mol. The van der Waals surface area contributed by atoms with E-state index in [2.05, 4.69) is 40.6 Å². The molecule has 0 saturated carbocycles. The molecule has 0 fully saturated rings. The number of rotatable bonds is 7. The van der Waals surface area contributed by atoms with Crippen molar-refractivity contribution in [1.82, 2.24) is 45.4 Å². The first kappa shape index (κ1) is 15.6. The maximum Gasteiger partial charge on any atom is 0.438 e. The molecule has 0 atom stereocenters. The zero-order valence-corrected chi connectivity index (χ0v) is 12.8. The van der Waals surface area contributed by atoms with Crippen molar-refractivity contribution < 1.29 is 9.32 Å². The SMILES string of the molecule is Cn1nncc1CNC(=O)c1cn(CCCc2noc(=O)[nH]2)nn1. The molecule has 0 aromatic carbocycles. The molecule has 0 unspecified atom stereocenters. The molecule has 0 aliphatic rings. The van der Waals surface area contributed by atoms with Crippen LogP contribution in [0.1, 0.15) is 28.4 Å². The van der Waals surface area contributed by atoms with Crippen LogP contribution < -0.4 is 11.1 Å². The molecule has 2 N–H and O–H groups in total. The van der Waals surface area contributed by atoms with Gasteiger partial charge in [0.1, 0.15) is 0 Å². The summed E-state index contributed by atoms with van der Waals surface area (Å²) in [4.78, 5) is 25.3. The minimum Gasteiger partial charge on any atom is -0.345 e. The topological polar surface area (TPSA) is 149 Å². The Bertz CT molecular complexity index is 874. The van der Waals surface area contributed by atoms with Crippen LogP contribution in [0.3, 0.4) is 0 Å². The first-order valence-corrected chi connectivity index (χ1v) is 7.18. The predicted molar refractivity (Wildman–Crippen MR) is 77.6 cm³/mol. The van der Waals surface area contributed by atoms with Crippen LogP contribution in [0.2, 0.25) is 0 Å². The second-order valence-corrected chi connectivity index (χ2v) is 5.04. The standard InChI is InChI=1S/C12H15N9O3/c1-20-8(6-14-18-20)5-13-11(22)9-7-21(19-16-9)4-2-3-10-15-12(23)24-17-10/h6-7H,2-5H2,1H3,(H,13,22)(H,15,17,23). The smallest absolute Gasteiger partial charge is 0.345 e. The number of amides is 1. The third-order valence-corrected chi connectivity index (χ3v) is 3.30. The van der Waals surface area contributed by atoms with Gasteiger partial charge in [-0.15, -0.1) is 10.2 Å². The lowest BCUT2D eigenvalue weighted by atomic mass is 10.3. The zero-order valence-electron chi connectivity index (χ0n) is 12.8. The summed E-state index contributed by atoms with van der Waals surface area (Å²) in [6.07, 6.45) is 4.32. The Kier molecular flexibility index (Phi) is 4.45. The Morgan fingerprint density at radius 3 is 3.00 bits per heavy atom. The average Bonchev–Trinajstić information content (AvgIpc) is 3.27. The maximum absolute atomic E-state index is 12.0. The van der Waals surface area contributed by atoms with E-state index in [0.29, 0.717) is 31.8 Å². The summed E-state index contributed by atoms with van der Waals surface area (Å²) >= 11 is 0. The highest BCUT2D eigenvalue weighted by Crippen LogP contribution is 1.99. The van der Waals surface area contributed by atoms with Crippen LogP contribution in [-0.4, -0.2) is 46.0 Å². The van der Waals surface area contributed by atoms with Crippen molar-refractivity contribution in [2.45, 2.75) is 25.9 Å². The van der Waals surface area contributed by atoms with Crippen LogP contribution in [0.25, 0.3) is 0 Å². The summed E-state index contributed by atoms with van der Waals surface area (Å²) in [5.74, 6) is -0.431. The highest BCUT2D eigenvalue weighted by Gasteiger charge is 2.11. The Morgan fingerprint density at radius 1 is 1.42 bits per heavy atom. The van der Waals surface area contributed by atoms with Gasteiger partial charge >= 0.3 is 5.76 Å². The fourth-order valence-corrected chi connectivity index (χ4v) is 2.02. The number of nitrogens with zero attached hydrogens (tertiary/aromatic N) is 7. The van der Waals surface area contributed by atoms with Crippen LogP contribution in [0.15, 0.2) is 21.7 Å². The summed E-state index contributed by atoms with van der Waals surface area (Å²) in [6, 6.07) is 0. The fourth-order valence-electron chi connectivity index (χ4n) is 2.02. The van der Waals surface area contributed by atoms with Gasteiger partial charge in [-0.05, 0) is 6.42 Å². The molecule has 3 rings (SSSR count). The minimum absolute atomic E-state index is 0.222. The summed E-state index contributed by atoms with van der Waals surface area (Å²) in [5, 5.41) is 21.5. The molecule has 126 valence electrons. The van der Waals surface area contributed by atoms with Gasteiger partial charge in [0.25, 0.3) is 5.91 Å². The quantitative estimate of drug-likeness (QED) is 0.538. The number of hydrogen-bond acceptors (Lipinski definition) is 8. The number of hydrogen-bond donors (Lipinski definition) is 2. The van der Waals surface area contributed by atoms with Gasteiger partial charge in [-0.1, -0.05) is 15.6 Å². The first-order valence-electron chi connectivity index (χ1n) is 7.18. The van der Waals surface area contributed by atoms with Crippen LogP contribution >= 0.6 is 0 Å². The lowest BCUT2D eigenvalue weighted by Crippen LogP contribution is -2.24. The normalized spacial score (nSPS) is 10.9. The molecule has 1 amide bonds.